The number of esters is 1. The van der Waals surface area contributed by atoms with Crippen molar-refractivity contribution in [3.8, 4) is 5.75 Å². The highest BCUT2D eigenvalue weighted by Gasteiger charge is 2.24. The minimum absolute atomic E-state index is 0.0444. The van der Waals surface area contributed by atoms with Gasteiger partial charge in [-0.05, 0) is 61.3 Å². The molecule has 2 aromatic rings. The van der Waals surface area contributed by atoms with E-state index in [1.807, 2.05) is 42.6 Å². The van der Waals surface area contributed by atoms with Gasteiger partial charge in [-0.1, -0.05) is 51.2 Å². The molecule has 2 aliphatic rings. The lowest BCUT2D eigenvalue weighted by atomic mass is 9.93. The molecular formula is C32H44N4O4. The molecule has 2 aromatic carbocycles. The second-order valence-electron chi connectivity index (χ2n) is 11.0. The van der Waals surface area contributed by atoms with Crippen LogP contribution in [0.2, 0.25) is 0 Å². The summed E-state index contributed by atoms with van der Waals surface area (Å²) in [5.74, 6) is 0.471. The first-order valence-corrected chi connectivity index (χ1v) is 14.8. The normalized spacial score (nSPS) is 17.4. The van der Waals surface area contributed by atoms with E-state index >= 15 is 0 Å². The summed E-state index contributed by atoms with van der Waals surface area (Å²) in [5, 5.41) is 9.63. The maximum atomic E-state index is 13.0. The first kappa shape index (κ1) is 29.6. The third kappa shape index (κ3) is 9.37. The van der Waals surface area contributed by atoms with Crippen molar-refractivity contribution in [3.63, 3.8) is 0 Å². The number of nitrogens with one attached hydrogen (secondary N) is 1. The molecule has 1 unspecified atom stereocenters. The lowest BCUT2D eigenvalue weighted by molar-refractivity contribution is -0.145. The number of hydrazone groups is 1. The maximum Gasteiger partial charge on any atom is 0.306 e. The third-order valence-corrected chi connectivity index (χ3v) is 7.54. The molecule has 0 radical (unpaired) electrons. The van der Waals surface area contributed by atoms with Crippen molar-refractivity contribution in [2.24, 2.45) is 11.0 Å². The second kappa shape index (κ2) is 15.4. The Labute approximate surface area is 238 Å². The van der Waals surface area contributed by atoms with Crippen molar-refractivity contribution in [2.75, 3.05) is 51.8 Å². The van der Waals surface area contributed by atoms with Crippen molar-refractivity contribution >= 4 is 23.8 Å². The van der Waals surface area contributed by atoms with E-state index in [4.69, 9.17) is 9.47 Å². The number of amides is 1. The van der Waals surface area contributed by atoms with Crippen LogP contribution in [0.5, 0.6) is 5.75 Å². The number of fused-ring (bicyclic) bond motifs is 1. The summed E-state index contributed by atoms with van der Waals surface area (Å²) in [4.78, 5) is 27.6. The molecule has 0 aliphatic carbocycles. The zero-order chi connectivity index (χ0) is 28.2. The van der Waals surface area contributed by atoms with Crippen molar-refractivity contribution < 1.29 is 19.1 Å². The largest absolute Gasteiger partial charge is 0.493 e. The molecule has 0 aromatic heterocycles. The fourth-order valence-corrected chi connectivity index (χ4v) is 5.01. The molecule has 8 heteroatoms. The van der Waals surface area contributed by atoms with Gasteiger partial charge < -0.3 is 19.7 Å². The number of piperazine rings is 1. The van der Waals surface area contributed by atoms with Gasteiger partial charge in [0.15, 0.2) is 0 Å². The Morgan fingerprint density at radius 2 is 1.77 bits per heavy atom. The van der Waals surface area contributed by atoms with E-state index in [1.165, 1.54) is 25.7 Å². The van der Waals surface area contributed by atoms with Crippen LogP contribution in [0.3, 0.4) is 0 Å². The van der Waals surface area contributed by atoms with Gasteiger partial charge >= 0.3 is 5.97 Å². The molecule has 216 valence electrons. The molecule has 40 heavy (non-hydrogen) atoms. The number of unbranched alkanes of at least 4 members (excludes halogenated alkanes) is 5. The van der Waals surface area contributed by atoms with Gasteiger partial charge in [0.05, 0.1) is 25.8 Å². The molecule has 8 nitrogen and oxygen atoms in total. The zero-order valence-corrected chi connectivity index (χ0v) is 24.1. The topological polar surface area (TPSA) is 83.5 Å². The number of nitrogens with zero attached hydrogens (tertiary/aromatic N) is 3. The first-order valence-electron chi connectivity index (χ1n) is 14.8. The maximum absolute atomic E-state index is 13.0. The Morgan fingerprint density at radius 3 is 2.55 bits per heavy atom. The fourth-order valence-electron chi connectivity index (χ4n) is 5.01. The van der Waals surface area contributed by atoms with E-state index in [0.29, 0.717) is 31.6 Å². The Hall–Kier alpha value is -3.39. The summed E-state index contributed by atoms with van der Waals surface area (Å²) in [6.07, 6.45) is 9.86. The predicted octanol–water partition coefficient (Wildman–Crippen LogP) is 5.37. The van der Waals surface area contributed by atoms with Crippen LogP contribution in [-0.4, -0.2) is 74.4 Å². The van der Waals surface area contributed by atoms with Crippen LogP contribution in [-0.2, 0) is 16.0 Å². The van der Waals surface area contributed by atoms with E-state index in [9.17, 15) is 9.59 Å². The van der Waals surface area contributed by atoms with E-state index in [-0.39, 0.29) is 17.8 Å². The Bertz CT molecular complexity index is 1130. The van der Waals surface area contributed by atoms with E-state index in [0.717, 1.165) is 61.6 Å². The minimum Gasteiger partial charge on any atom is -0.493 e. The molecule has 4 rings (SSSR count). The SMILES string of the molecule is CCCCCCCCOC(=O)CC1COc2ccc(C(=O)Nc3ccc(C=NN4CCN(C)CC4)cc3)cc2C1. The number of hydrogen-bond donors (Lipinski definition) is 1. The molecule has 1 atom stereocenters. The van der Waals surface area contributed by atoms with Gasteiger partial charge in [0.25, 0.3) is 5.91 Å². The number of likely N-dealkylation sites (N-methyl/N-ethyl adjacent to an activating group) is 1. The number of anilines is 1. The summed E-state index contributed by atoms with van der Waals surface area (Å²) in [7, 11) is 2.12. The highest BCUT2D eigenvalue weighted by Crippen LogP contribution is 2.30. The van der Waals surface area contributed by atoms with Crippen molar-refractivity contribution in [3.05, 3.63) is 59.2 Å². The predicted molar refractivity (Wildman–Crippen MR) is 159 cm³/mol. The van der Waals surface area contributed by atoms with Gasteiger partial charge in [-0.15, -0.1) is 0 Å². The number of carbonyl (C=O) groups excluding carboxylic acids is 2. The lowest BCUT2D eigenvalue weighted by Crippen LogP contribution is -2.41. The smallest absolute Gasteiger partial charge is 0.306 e. The highest BCUT2D eigenvalue weighted by molar-refractivity contribution is 6.04. The third-order valence-electron chi connectivity index (χ3n) is 7.54. The molecule has 1 N–H and O–H groups in total. The summed E-state index contributed by atoms with van der Waals surface area (Å²) in [6, 6.07) is 13.2. The Balaban J connectivity index is 1.23. The molecule has 0 spiro atoms. The lowest BCUT2D eigenvalue weighted by Gasteiger charge is -2.30. The summed E-state index contributed by atoms with van der Waals surface area (Å²) in [5.41, 5.74) is 3.22. The fraction of sp³-hybridized carbons (Fsp3) is 0.531. The number of rotatable bonds is 13. The van der Waals surface area contributed by atoms with Crippen LogP contribution in [0.15, 0.2) is 47.6 Å². The van der Waals surface area contributed by atoms with Gasteiger partial charge in [0, 0.05) is 43.3 Å². The van der Waals surface area contributed by atoms with E-state index < -0.39 is 0 Å². The summed E-state index contributed by atoms with van der Waals surface area (Å²) < 4.78 is 11.4. The number of ether oxygens (including phenoxy) is 2. The van der Waals surface area contributed by atoms with Crippen molar-refractivity contribution in [1.82, 2.24) is 9.91 Å². The van der Waals surface area contributed by atoms with Crippen LogP contribution >= 0.6 is 0 Å². The number of carbonyl (C=O) groups is 2. The highest BCUT2D eigenvalue weighted by atomic mass is 16.5. The molecule has 1 fully saturated rings. The molecular weight excluding hydrogens is 504 g/mol. The van der Waals surface area contributed by atoms with Gasteiger partial charge in [-0.2, -0.15) is 5.10 Å². The second-order valence-corrected chi connectivity index (χ2v) is 11.0. The Kier molecular flexibility index (Phi) is 11.4. The van der Waals surface area contributed by atoms with Crippen molar-refractivity contribution in [1.29, 1.82) is 0 Å². The van der Waals surface area contributed by atoms with E-state index in [1.54, 1.807) is 6.07 Å². The average molecular weight is 549 g/mol. The minimum atomic E-state index is -0.179. The molecule has 2 aliphatic heterocycles. The van der Waals surface area contributed by atoms with Gasteiger partial charge in [-0.3, -0.25) is 14.6 Å². The standard InChI is InChI=1S/C32H44N4O4/c1-3-4-5-6-7-8-19-39-31(37)21-26-20-28-22-27(11-14-30(28)40-24-26)32(38)34-29-12-9-25(10-13-29)23-33-36-17-15-35(2)16-18-36/h9-14,22-23,26H,3-8,15-21,24H2,1-2H3,(H,34,38). The van der Waals surface area contributed by atoms with Crippen LogP contribution in [0.25, 0.3) is 0 Å². The van der Waals surface area contributed by atoms with Gasteiger partial charge in [0.2, 0.25) is 0 Å². The molecule has 1 amide bonds. The zero-order valence-electron chi connectivity index (χ0n) is 24.1. The van der Waals surface area contributed by atoms with Gasteiger partial charge in [-0.25, -0.2) is 0 Å². The molecule has 2 heterocycles. The Morgan fingerprint density at radius 1 is 1.02 bits per heavy atom. The van der Waals surface area contributed by atoms with Crippen molar-refractivity contribution in [2.45, 2.75) is 58.3 Å². The van der Waals surface area contributed by atoms with Crippen LogP contribution in [0.4, 0.5) is 5.69 Å². The molecule has 0 bridgehead atoms. The number of benzene rings is 2. The van der Waals surface area contributed by atoms with Crippen LogP contribution in [0.1, 0.15) is 73.4 Å². The molecule has 1 saturated heterocycles. The molecule has 0 saturated carbocycles. The van der Waals surface area contributed by atoms with Gasteiger partial charge in [0.1, 0.15) is 5.75 Å². The monoisotopic (exact) mass is 548 g/mol. The summed E-state index contributed by atoms with van der Waals surface area (Å²) >= 11 is 0. The van der Waals surface area contributed by atoms with Crippen LogP contribution < -0.4 is 10.1 Å². The number of hydrogen-bond acceptors (Lipinski definition) is 7. The quantitative estimate of drug-likeness (QED) is 0.206. The van der Waals surface area contributed by atoms with Crippen LogP contribution in [0, 0.1) is 5.92 Å². The van der Waals surface area contributed by atoms with E-state index in [2.05, 4.69) is 34.3 Å². The average Bonchev–Trinajstić information content (AvgIpc) is 2.96. The first-order chi connectivity index (χ1) is 19.5. The summed E-state index contributed by atoms with van der Waals surface area (Å²) in [6.45, 7) is 7.07.